The fraction of sp³-hybridized carbons (Fsp3) is 0.308. The molecule has 6 nitrogen and oxygen atoms in total. The molecular formula is C13H15ClN4O2. The van der Waals surface area contributed by atoms with E-state index in [0.717, 1.165) is 12.1 Å². The van der Waals surface area contributed by atoms with Crippen molar-refractivity contribution in [3.8, 4) is 12.0 Å². The Morgan fingerprint density at radius 1 is 1.00 bits per heavy atom. The lowest BCUT2D eigenvalue weighted by Crippen LogP contribution is -2.03. The van der Waals surface area contributed by atoms with Crippen molar-refractivity contribution >= 4 is 23.2 Å². The zero-order valence-electron chi connectivity index (χ0n) is 11.3. The molecule has 0 bridgehead atoms. The van der Waals surface area contributed by atoms with Crippen LogP contribution in [0.2, 0.25) is 0 Å². The number of hydrogen-bond acceptors (Lipinski definition) is 6. The fourth-order valence-corrected chi connectivity index (χ4v) is 1.79. The Balaban J connectivity index is 2.16. The van der Waals surface area contributed by atoms with E-state index < -0.39 is 0 Å². The molecule has 1 aromatic carbocycles. The molecule has 0 saturated heterocycles. The smallest absolute Gasteiger partial charge is 0.324 e. The summed E-state index contributed by atoms with van der Waals surface area (Å²) in [5, 5.41) is 3.07. The van der Waals surface area contributed by atoms with Gasteiger partial charge in [0.25, 0.3) is 0 Å². The van der Waals surface area contributed by atoms with Gasteiger partial charge < -0.3 is 14.8 Å². The van der Waals surface area contributed by atoms with Crippen molar-refractivity contribution in [1.82, 2.24) is 15.0 Å². The summed E-state index contributed by atoms with van der Waals surface area (Å²) in [5.41, 5.74) is 2.04. The normalized spacial score (nSPS) is 10.2. The number of hydrogen-bond donors (Lipinski definition) is 1. The van der Waals surface area contributed by atoms with Crippen LogP contribution in [0.25, 0.3) is 0 Å². The summed E-state index contributed by atoms with van der Waals surface area (Å²) in [6.45, 7) is 0. The number of nitrogens with zero attached hydrogens (tertiary/aromatic N) is 3. The van der Waals surface area contributed by atoms with E-state index in [1.807, 2.05) is 24.3 Å². The Hall–Kier alpha value is -2.08. The molecule has 0 unspecified atom stereocenters. The van der Waals surface area contributed by atoms with Crippen molar-refractivity contribution in [2.45, 2.75) is 6.42 Å². The van der Waals surface area contributed by atoms with Crippen LogP contribution in [0.1, 0.15) is 5.56 Å². The highest BCUT2D eigenvalue weighted by Crippen LogP contribution is 2.18. The molecule has 0 saturated carbocycles. The summed E-state index contributed by atoms with van der Waals surface area (Å²) in [6.07, 6.45) is 0.842. The first-order valence-electron chi connectivity index (χ1n) is 6.01. The van der Waals surface area contributed by atoms with Crippen molar-refractivity contribution in [3.05, 3.63) is 29.8 Å². The Labute approximate surface area is 122 Å². The summed E-state index contributed by atoms with van der Waals surface area (Å²) in [5.74, 6) is 0.966. The maximum atomic E-state index is 5.70. The minimum absolute atomic E-state index is 0.193. The average Bonchev–Trinajstić information content (AvgIpc) is 2.49. The lowest BCUT2D eigenvalue weighted by molar-refractivity contribution is 0.341. The van der Waals surface area contributed by atoms with Crippen molar-refractivity contribution in [2.24, 2.45) is 0 Å². The van der Waals surface area contributed by atoms with E-state index in [2.05, 4.69) is 20.3 Å². The number of aromatic nitrogens is 3. The first-order chi connectivity index (χ1) is 9.75. The van der Waals surface area contributed by atoms with Gasteiger partial charge in [0.1, 0.15) is 0 Å². The van der Waals surface area contributed by atoms with Gasteiger partial charge in [-0.15, -0.1) is 16.6 Å². The Morgan fingerprint density at radius 3 is 2.10 bits per heavy atom. The topological polar surface area (TPSA) is 69.2 Å². The van der Waals surface area contributed by atoms with Gasteiger partial charge in [0.2, 0.25) is 5.95 Å². The number of nitrogens with one attached hydrogen (secondary N) is 1. The minimum atomic E-state index is 0.193. The van der Waals surface area contributed by atoms with Crippen molar-refractivity contribution in [3.63, 3.8) is 0 Å². The third-order valence-corrected chi connectivity index (χ3v) is 2.74. The summed E-state index contributed by atoms with van der Waals surface area (Å²) in [7, 11) is 2.97. The summed E-state index contributed by atoms with van der Waals surface area (Å²) in [6, 6.07) is 8.26. The highest BCUT2D eigenvalue weighted by Gasteiger charge is 2.07. The molecule has 1 heterocycles. The lowest BCUT2D eigenvalue weighted by Gasteiger charge is -2.08. The predicted molar refractivity (Wildman–Crippen MR) is 77.1 cm³/mol. The van der Waals surface area contributed by atoms with Crippen LogP contribution < -0.4 is 14.8 Å². The molecule has 0 aliphatic carbocycles. The van der Waals surface area contributed by atoms with Crippen LogP contribution in [0, 0.1) is 0 Å². The second kappa shape index (κ2) is 6.91. The van der Waals surface area contributed by atoms with Crippen LogP contribution in [0.15, 0.2) is 24.3 Å². The SMILES string of the molecule is COc1nc(Nc2ccc(CCCl)cc2)nc(OC)n1. The molecule has 2 aromatic rings. The van der Waals surface area contributed by atoms with E-state index in [0.29, 0.717) is 11.8 Å². The summed E-state index contributed by atoms with van der Waals surface area (Å²) >= 11 is 5.70. The standard InChI is InChI=1S/C13H15ClN4O2/c1-19-12-16-11(17-13(18-12)20-2)15-10-5-3-9(4-6-10)7-8-14/h3-6H,7-8H2,1-2H3,(H,15,16,17,18). The molecule has 0 spiro atoms. The van der Waals surface area contributed by atoms with Crippen LogP contribution in [0.5, 0.6) is 12.0 Å². The van der Waals surface area contributed by atoms with Crippen LogP contribution in [0.3, 0.4) is 0 Å². The van der Waals surface area contributed by atoms with Gasteiger partial charge in [-0.3, -0.25) is 0 Å². The number of aryl methyl sites for hydroxylation is 1. The number of methoxy groups -OCH3 is 2. The number of benzene rings is 1. The number of anilines is 2. The molecule has 2 rings (SSSR count). The van der Waals surface area contributed by atoms with Crippen molar-refractivity contribution < 1.29 is 9.47 Å². The monoisotopic (exact) mass is 294 g/mol. The van der Waals surface area contributed by atoms with E-state index in [-0.39, 0.29) is 12.0 Å². The molecule has 0 amide bonds. The van der Waals surface area contributed by atoms with E-state index in [1.165, 1.54) is 19.8 Å². The number of alkyl halides is 1. The molecular weight excluding hydrogens is 280 g/mol. The van der Waals surface area contributed by atoms with Gasteiger partial charge in [0.15, 0.2) is 0 Å². The number of rotatable bonds is 6. The largest absolute Gasteiger partial charge is 0.467 e. The van der Waals surface area contributed by atoms with Crippen LogP contribution in [0.4, 0.5) is 11.6 Å². The second-order valence-electron chi connectivity index (χ2n) is 3.89. The van der Waals surface area contributed by atoms with Gasteiger partial charge in [-0.2, -0.15) is 9.97 Å². The van der Waals surface area contributed by atoms with Crippen molar-refractivity contribution in [2.75, 3.05) is 25.4 Å². The predicted octanol–water partition coefficient (Wildman–Crippen LogP) is 2.41. The molecule has 1 aromatic heterocycles. The Morgan fingerprint density at radius 2 is 1.60 bits per heavy atom. The molecule has 106 valence electrons. The van der Waals surface area contributed by atoms with E-state index in [9.17, 15) is 0 Å². The molecule has 0 radical (unpaired) electrons. The molecule has 0 atom stereocenters. The second-order valence-corrected chi connectivity index (χ2v) is 4.27. The molecule has 0 fully saturated rings. The van der Waals surface area contributed by atoms with Crippen LogP contribution >= 0.6 is 11.6 Å². The molecule has 20 heavy (non-hydrogen) atoms. The summed E-state index contributed by atoms with van der Waals surface area (Å²) < 4.78 is 9.98. The third-order valence-electron chi connectivity index (χ3n) is 2.55. The fourth-order valence-electron chi connectivity index (χ4n) is 1.57. The number of halogens is 1. The van der Waals surface area contributed by atoms with Gasteiger partial charge in [0.05, 0.1) is 14.2 Å². The number of ether oxygens (including phenoxy) is 2. The summed E-state index contributed by atoms with van der Waals surface area (Å²) in [4.78, 5) is 12.1. The lowest BCUT2D eigenvalue weighted by atomic mass is 10.1. The van der Waals surface area contributed by atoms with E-state index >= 15 is 0 Å². The molecule has 0 aliphatic heterocycles. The van der Waals surface area contributed by atoms with Gasteiger partial charge >= 0.3 is 12.0 Å². The quantitative estimate of drug-likeness (QED) is 0.825. The van der Waals surface area contributed by atoms with E-state index in [1.54, 1.807) is 0 Å². The van der Waals surface area contributed by atoms with Gasteiger partial charge in [-0.05, 0) is 24.1 Å². The molecule has 0 aliphatic rings. The third kappa shape index (κ3) is 3.71. The zero-order valence-corrected chi connectivity index (χ0v) is 12.0. The minimum Gasteiger partial charge on any atom is -0.467 e. The highest BCUT2D eigenvalue weighted by molar-refractivity contribution is 6.17. The first-order valence-corrected chi connectivity index (χ1v) is 6.54. The van der Waals surface area contributed by atoms with Gasteiger partial charge in [0, 0.05) is 11.6 Å². The van der Waals surface area contributed by atoms with E-state index in [4.69, 9.17) is 21.1 Å². The maximum Gasteiger partial charge on any atom is 0.324 e. The highest BCUT2D eigenvalue weighted by atomic mass is 35.5. The van der Waals surface area contributed by atoms with Gasteiger partial charge in [-0.1, -0.05) is 12.1 Å². The zero-order chi connectivity index (χ0) is 14.4. The van der Waals surface area contributed by atoms with Gasteiger partial charge in [-0.25, -0.2) is 0 Å². The Bertz CT molecular complexity index is 541. The van der Waals surface area contributed by atoms with Crippen LogP contribution in [-0.4, -0.2) is 35.1 Å². The molecule has 1 N–H and O–H groups in total. The first kappa shape index (κ1) is 14.3. The Kier molecular flexibility index (Phi) is 4.95. The maximum absolute atomic E-state index is 5.70. The van der Waals surface area contributed by atoms with Crippen LogP contribution in [-0.2, 0) is 6.42 Å². The molecule has 7 heteroatoms. The van der Waals surface area contributed by atoms with Crippen molar-refractivity contribution in [1.29, 1.82) is 0 Å². The average molecular weight is 295 g/mol.